The van der Waals surface area contributed by atoms with Gasteiger partial charge >= 0.3 is 0 Å². The van der Waals surface area contributed by atoms with Gasteiger partial charge in [-0.1, -0.05) is 30.3 Å². The minimum atomic E-state index is -0.329. The molecule has 7 heteroatoms. The summed E-state index contributed by atoms with van der Waals surface area (Å²) < 4.78 is 5.38. The van der Waals surface area contributed by atoms with E-state index in [1.165, 1.54) is 4.90 Å². The van der Waals surface area contributed by atoms with Crippen molar-refractivity contribution in [3.8, 4) is 6.07 Å². The molecule has 0 unspecified atom stereocenters. The van der Waals surface area contributed by atoms with E-state index < -0.39 is 0 Å². The predicted octanol–water partition coefficient (Wildman–Crippen LogP) is 3.63. The zero-order valence-electron chi connectivity index (χ0n) is 15.7. The van der Waals surface area contributed by atoms with E-state index in [-0.39, 0.29) is 17.7 Å². The molecule has 2 aliphatic rings. The quantitative estimate of drug-likeness (QED) is 0.723. The van der Waals surface area contributed by atoms with Gasteiger partial charge in [0.1, 0.15) is 0 Å². The topological polar surface area (TPSA) is 73.6 Å². The van der Waals surface area contributed by atoms with Gasteiger partial charge in [0.2, 0.25) is 0 Å². The summed E-state index contributed by atoms with van der Waals surface area (Å²) in [6.45, 7) is 3.28. The lowest BCUT2D eigenvalue weighted by atomic mass is 10.1. The molecular formula is C22H19N3O3S. The van der Waals surface area contributed by atoms with Crippen molar-refractivity contribution in [1.82, 2.24) is 4.90 Å². The second-order valence-electron chi connectivity index (χ2n) is 6.73. The van der Waals surface area contributed by atoms with Gasteiger partial charge in [0.05, 0.1) is 36.3 Å². The Morgan fingerprint density at radius 2 is 1.79 bits per heavy atom. The third-order valence-corrected chi connectivity index (χ3v) is 5.81. The molecule has 2 amide bonds. The molecule has 0 aromatic heterocycles. The van der Waals surface area contributed by atoms with Crippen LogP contribution in [0.25, 0.3) is 6.08 Å². The Kier molecular flexibility index (Phi) is 5.65. The minimum absolute atomic E-state index is 0.0989. The lowest BCUT2D eigenvalue weighted by Gasteiger charge is -2.28. The van der Waals surface area contributed by atoms with Crippen molar-refractivity contribution in [2.75, 3.05) is 31.2 Å². The molecule has 2 aliphatic heterocycles. The van der Waals surface area contributed by atoms with Crippen molar-refractivity contribution in [2.24, 2.45) is 0 Å². The number of anilines is 1. The summed E-state index contributed by atoms with van der Waals surface area (Å²) in [5.74, 6) is -0.329. The number of nitriles is 1. The first-order chi connectivity index (χ1) is 14.2. The molecule has 29 heavy (non-hydrogen) atoms. The van der Waals surface area contributed by atoms with E-state index in [0.29, 0.717) is 16.0 Å². The molecule has 0 N–H and O–H groups in total. The van der Waals surface area contributed by atoms with Gasteiger partial charge in [-0.25, -0.2) is 0 Å². The number of nitrogens with zero attached hydrogens (tertiary/aromatic N) is 3. The summed E-state index contributed by atoms with van der Waals surface area (Å²) >= 11 is 0.930. The van der Waals surface area contributed by atoms with Gasteiger partial charge in [-0.2, -0.15) is 5.26 Å². The van der Waals surface area contributed by atoms with Crippen molar-refractivity contribution in [2.45, 2.75) is 6.54 Å². The van der Waals surface area contributed by atoms with Gasteiger partial charge in [0.15, 0.2) is 0 Å². The number of morpholine rings is 1. The summed E-state index contributed by atoms with van der Waals surface area (Å²) in [7, 11) is 0. The molecule has 0 radical (unpaired) electrons. The SMILES string of the molecule is N#Cc1ccccc1CN1C(=O)S/C(=C/c2ccc(N3CCOCC3)cc2)C1=O. The summed E-state index contributed by atoms with van der Waals surface area (Å²) in [5.41, 5.74) is 3.11. The van der Waals surface area contributed by atoms with E-state index in [4.69, 9.17) is 4.74 Å². The van der Waals surface area contributed by atoms with Gasteiger partial charge in [0.25, 0.3) is 11.1 Å². The summed E-state index contributed by atoms with van der Waals surface area (Å²) in [6.07, 6.45) is 1.74. The van der Waals surface area contributed by atoms with Crippen molar-refractivity contribution >= 4 is 34.7 Å². The third kappa shape index (κ3) is 4.19. The fourth-order valence-corrected chi connectivity index (χ4v) is 4.17. The first-order valence-corrected chi connectivity index (χ1v) is 10.1. The maximum absolute atomic E-state index is 12.7. The summed E-state index contributed by atoms with van der Waals surface area (Å²) in [4.78, 5) is 29.0. The zero-order valence-corrected chi connectivity index (χ0v) is 16.5. The maximum Gasteiger partial charge on any atom is 0.293 e. The number of ether oxygens (including phenoxy) is 1. The van der Waals surface area contributed by atoms with Gasteiger partial charge in [-0.3, -0.25) is 14.5 Å². The van der Waals surface area contributed by atoms with Crippen LogP contribution in [0.2, 0.25) is 0 Å². The molecule has 0 spiro atoms. The Morgan fingerprint density at radius 3 is 2.52 bits per heavy atom. The van der Waals surface area contributed by atoms with Crippen LogP contribution >= 0.6 is 11.8 Å². The number of hydrogen-bond acceptors (Lipinski definition) is 6. The first kappa shape index (κ1) is 19.2. The van der Waals surface area contributed by atoms with Crippen molar-refractivity contribution in [1.29, 1.82) is 5.26 Å². The number of carbonyl (C=O) groups excluding carboxylic acids is 2. The summed E-state index contributed by atoms with van der Waals surface area (Å²) in [6, 6.07) is 17.0. The molecule has 2 aromatic carbocycles. The molecule has 2 heterocycles. The summed E-state index contributed by atoms with van der Waals surface area (Å²) in [5, 5.41) is 8.90. The van der Waals surface area contributed by atoms with E-state index in [2.05, 4.69) is 11.0 Å². The highest BCUT2D eigenvalue weighted by atomic mass is 32.2. The van der Waals surface area contributed by atoms with E-state index in [1.54, 1.807) is 30.3 Å². The molecule has 0 aliphatic carbocycles. The molecule has 0 saturated carbocycles. The number of thioether (sulfide) groups is 1. The molecule has 146 valence electrons. The Morgan fingerprint density at radius 1 is 1.07 bits per heavy atom. The average Bonchev–Trinajstić information content (AvgIpc) is 3.02. The smallest absolute Gasteiger partial charge is 0.293 e. The van der Waals surface area contributed by atoms with E-state index in [9.17, 15) is 14.9 Å². The lowest BCUT2D eigenvalue weighted by Crippen LogP contribution is -2.36. The van der Waals surface area contributed by atoms with Crippen LogP contribution < -0.4 is 4.90 Å². The van der Waals surface area contributed by atoms with E-state index in [0.717, 1.165) is 49.3 Å². The standard InChI is InChI=1S/C22H19N3O3S/c23-14-17-3-1-2-4-18(17)15-25-21(26)20(29-22(25)27)13-16-5-7-19(8-6-16)24-9-11-28-12-10-24/h1-8,13H,9-12,15H2/b20-13+. The fourth-order valence-electron chi connectivity index (χ4n) is 3.33. The second kappa shape index (κ2) is 8.52. The molecular weight excluding hydrogens is 386 g/mol. The van der Waals surface area contributed by atoms with E-state index >= 15 is 0 Å². The molecule has 0 atom stereocenters. The molecule has 4 rings (SSSR count). The zero-order chi connectivity index (χ0) is 20.2. The number of carbonyl (C=O) groups is 2. The van der Waals surface area contributed by atoms with Crippen molar-refractivity contribution < 1.29 is 14.3 Å². The highest BCUT2D eigenvalue weighted by Gasteiger charge is 2.35. The molecule has 6 nitrogen and oxygen atoms in total. The van der Waals surface area contributed by atoms with Crippen LogP contribution in [0, 0.1) is 11.3 Å². The van der Waals surface area contributed by atoms with Crippen molar-refractivity contribution in [3.63, 3.8) is 0 Å². The average molecular weight is 405 g/mol. The number of benzene rings is 2. The third-order valence-electron chi connectivity index (χ3n) is 4.91. The maximum atomic E-state index is 12.7. The largest absolute Gasteiger partial charge is 0.378 e. The molecule has 2 aromatic rings. The van der Waals surface area contributed by atoms with Crippen molar-refractivity contribution in [3.05, 3.63) is 70.1 Å². The number of rotatable bonds is 4. The normalized spacial score (nSPS) is 18.4. The molecule has 2 fully saturated rings. The Hall–Kier alpha value is -3.08. The predicted molar refractivity (Wildman–Crippen MR) is 112 cm³/mol. The lowest BCUT2D eigenvalue weighted by molar-refractivity contribution is -0.123. The van der Waals surface area contributed by atoms with Crippen LogP contribution in [-0.2, 0) is 16.1 Å². The number of hydrogen-bond donors (Lipinski definition) is 0. The number of amides is 2. The van der Waals surface area contributed by atoms with Crippen LogP contribution in [0.4, 0.5) is 10.5 Å². The van der Waals surface area contributed by atoms with Gasteiger partial charge < -0.3 is 9.64 Å². The van der Waals surface area contributed by atoms with Crippen LogP contribution in [0.3, 0.4) is 0 Å². The second-order valence-corrected chi connectivity index (χ2v) is 7.72. The van der Waals surface area contributed by atoms with Crippen LogP contribution in [-0.4, -0.2) is 42.3 Å². The Balaban J connectivity index is 1.49. The van der Waals surface area contributed by atoms with Gasteiger partial charge in [-0.15, -0.1) is 0 Å². The fraction of sp³-hybridized carbons (Fsp3) is 0.227. The molecule has 2 saturated heterocycles. The van der Waals surface area contributed by atoms with E-state index in [1.807, 2.05) is 24.3 Å². The van der Waals surface area contributed by atoms with Gasteiger partial charge in [0, 0.05) is 18.8 Å². The highest BCUT2D eigenvalue weighted by Crippen LogP contribution is 2.34. The Bertz CT molecular complexity index is 1000. The number of imide groups is 1. The van der Waals surface area contributed by atoms with Crippen LogP contribution in [0.5, 0.6) is 0 Å². The van der Waals surface area contributed by atoms with Gasteiger partial charge in [-0.05, 0) is 47.2 Å². The van der Waals surface area contributed by atoms with Crippen LogP contribution in [0.15, 0.2) is 53.4 Å². The van der Waals surface area contributed by atoms with Crippen LogP contribution in [0.1, 0.15) is 16.7 Å². The highest BCUT2D eigenvalue weighted by molar-refractivity contribution is 8.18. The molecule has 0 bridgehead atoms. The first-order valence-electron chi connectivity index (χ1n) is 9.32. The monoisotopic (exact) mass is 405 g/mol. The minimum Gasteiger partial charge on any atom is -0.378 e. The Labute approximate surface area is 173 Å².